The van der Waals surface area contributed by atoms with Crippen LogP contribution in [0.3, 0.4) is 0 Å². The van der Waals surface area contributed by atoms with Crippen molar-refractivity contribution in [3.8, 4) is 11.5 Å². The van der Waals surface area contributed by atoms with E-state index in [1.165, 1.54) is 0 Å². The van der Waals surface area contributed by atoms with Gasteiger partial charge in [0.15, 0.2) is 0 Å². The van der Waals surface area contributed by atoms with Crippen molar-refractivity contribution in [2.24, 2.45) is 5.73 Å². The number of rotatable bonds is 3. The van der Waals surface area contributed by atoms with E-state index in [9.17, 15) is 0 Å². The van der Waals surface area contributed by atoms with E-state index < -0.39 is 0 Å². The summed E-state index contributed by atoms with van der Waals surface area (Å²) in [4.78, 5) is 0. The number of nitrogens with one attached hydrogen (secondary N) is 1. The first-order chi connectivity index (χ1) is 9.38. The number of hydrogen-bond donors (Lipinski definition) is 2. The first-order valence-electron chi connectivity index (χ1n) is 5.35. The Morgan fingerprint density at radius 2 is 1.75 bits per heavy atom. The van der Waals surface area contributed by atoms with E-state index in [-0.39, 0.29) is 5.84 Å². The zero-order valence-corrected chi connectivity index (χ0v) is 13.7. The number of ether oxygens (including phenoxy) is 1. The van der Waals surface area contributed by atoms with E-state index in [2.05, 4.69) is 15.9 Å². The standard InChI is InChI=1S/C13H8BrCl3N2O/c14-8-4-11(17)12(5-10(8)16)20-6-1-2-7(13(18)19)9(15)3-6/h1-5H,(H3,18,19). The summed E-state index contributed by atoms with van der Waals surface area (Å²) in [7, 11) is 0. The van der Waals surface area contributed by atoms with Crippen molar-refractivity contribution in [2.45, 2.75) is 0 Å². The van der Waals surface area contributed by atoms with Gasteiger partial charge in [-0.25, -0.2) is 0 Å². The molecule has 3 nitrogen and oxygen atoms in total. The third-order valence-corrected chi connectivity index (χ3v) is 4.24. The minimum Gasteiger partial charge on any atom is -0.456 e. The second-order valence-corrected chi connectivity index (χ2v) is 5.93. The maximum absolute atomic E-state index is 7.36. The molecule has 0 atom stereocenters. The van der Waals surface area contributed by atoms with Gasteiger partial charge in [0.2, 0.25) is 0 Å². The molecule has 0 bridgehead atoms. The van der Waals surface area contributed by atoms with Crippen LogP contribution in [0, 0.1) is 5.41 Å². The monoisotopic (exact) mass is 392 g/mol. The van der Waals surface area contributed by atoms with Gasteiger partial charge in [-0.3, -0.25) is 5.41 Å². The smallest absolute Gasteiger partial charge is 0.147 e. The normalized spacial score (nSPS) is 10.4. The van der Waals surface area contributed by atoms with Crippen LogP contribution in [0.5, 0.6) is 11.5 Å². The summed E-state index contributed by atoms with van der Waals surface area (Å²) in [5, 5.41) is 8.58. The van der Waals surface area contributed by atoms with Gasteiger partial charge < -0.3 is 10.5 Å². The lowest BCUT2D eigenvalue weighted by molar-refractivity contribution is 0.483. The number of benzene rings is 2. The molecule has 0 heterocycles. The number of nitrogen functional groups attached to an aromatic ring is 1. The van der Waals surface area contributed by atoms with Crippen molar-refractivity contribution in [3.63, 3.8) is 0 Å². The van der Waals surface area contributed by atoms with Crippen LogP contribution in [0.4, 0.5) is 0 Å². The Morgan fingerprint density at radius 3 is 2.35 bits per heavy atom. The molecule has 0 aromatic heterocycles. The van der Waals surface area contributed by atoms with Gasteiger partial charge in [-0.2, -0.15) is 0 Å². The highest BCUT2D eigenvalue weighted by atomic mass is 79.9. The summed E-state index contributed by atoms with van der Waals surface area (Å²) in [5.74, 6) is 0.776. The van der Waals surface area contributed by atoms with Gasteiger partial charge in [-0.15, -0.1) is 0 Å². The van der Waals surface area contributed by atoms with Gasteiger partial charge in [0.1, 0.15) is 17.3 Å². The van der Waals surface area contributed by atoms with Gasteiger partial charge in [-0.1, -0.05) is 34.8 Å². The van der Waals surface area contributed by atoms with E-state index in [4.69, 9.17) is 50.7 Å². The molecule has 2 aromatic rings. The molecule has 0 unspecified atom stereocenters. The fourth-order valence-electron chi connectivity index (χ4n) is 1.49. The van der Waals surface area contributed by atoms with E-state index in [1.807, 2.05) is 0 Å². The fourth-order valence-corrected chi connectivity index (χ4v) is 2.59. The van der Waals surface area contributed by atoms with Crippen LogP contribution >= 0.6 is 50.7 Å². The van der Waals surface area contributed by atoms with Crippen molar-refractivity contribution in [1.82, 2.24) is 0 Å². The first kappa shape index (κ1) is 15.4. The maximum Gasteiger partial charge on any atom is 0.147 e. The molecule has 2 rings (SSSR count). The van der Waals surface area contributed by atoms with Crippen molar-refractivity contribution in [3.05, 3.63) is 55.4 Å². The van der Waals surface area contributed by atoms with Crippen LogP contribution < -0.4 is 10.5 Å². The maximum atomic E-state index is 7.36. The second kappa shape index (κ2) is 6.22. The van der Waals surface area contributed by atoms with Crippen LogP contribution in [-0.4, -0.2) is 5.84 Å². The molecule has 0 aliphatic rings. The molecule has 0 saturated heterocycles. The lowest BCUT2D eigenvalue weighted by Gasteiger charge is -2.10. The molecular formula is C13H8BrCl3N2O. The summed E-state index contributed by atoms with van der Waals surface area (Å²) in [6, 6.07) is 8.05. The molecular weight excluding hydrogens is 386 g/mol. The molecule has 0 aliphatic carbocycles. The third-order valence-electron chi connectivity index (χ3n) is 2.43. The Hall–Kier alpha value is -0.940. The summed E-state index contributed by atoms with van der Waals surface area (Å²) in [6.07, 6.45) is 0. The predicted octanol–water partition coefficient (Wildman–Crippen LogP) is 5.49. The highest BCUT2D eigenvalue weighted by Crippen LogP contribution is 2.37. The topological polar surface area (TPSA) is 59.1 Å². The molecule has 0 aliphatic heterocycles. The van der Waals surface area contributed by atoms with Crippen LogP contribution in [0.25, 0.3) is 0 Å². The van der Waals surface area contributed by atoms with Crippen LogP contribution in [0.15, 0.2) is 34.8 Å². The average Bonchev–Trinajstić information content (AvgIpc) is 2.35. The zero-order chi connectivity index (χ0) is 14.9. The van der Waals surface area contributed by atoms with E-state index in [0.29, 0.717) is 36.6 Å². The molecule has 7 heteroatoms. The Kier molecular flexibility index (Phi) is 4.81. The summed E-state index contributed by atoms with van der Waals surface area (Å²) in [5.41, 5.74) is 5.84. The minimum atomic E-state index is -0.105. The Balaban J connectivity index is 2.33. The quantitative estimate of drug-likeness (QED) is 0.411. The minimum absolute atomic E-state index is 0.105. The predicted molar refractivity (Wildman–Crippen MR) is 86.7 cm³/mol. The molecule has 0 fully saturated rings. The van der Waals surface area contributed by atoms with Crippen molar-refractivity contribution in [1.29, 1.82) is 5.41 Å². The van der Waals surface area contributed by atoms with E-state index in [1.54, 1.807) is 30.3 Å². The molecule has 0 spiro atoms. The number of halogens is 4. The van der Waals surface area contributed by atoms with Crippen molar-refractivity contribution in [2.75, 3.05) is 0 Å². The van der Waals surface area contributed by atoms with E-state index >= 15 is 0 Å². The van der Waals surface area contributed by atoms with Crippen molar-refractivity contribution >= 4 is 56.6 Å². The lowest BCUT2D eigenvalue weighted by Crippen LogP contribution is -2.11. The second-order valence-electron chi connectivity index (χ2n) is 3.85. The molecule has 0 radical (unpaired) electrons. The molecule has 20 heavy (non-hydrogen) atoms. The summed E-state index contributed by atoms with van der Waals surface area (Å²) < 4.78 is 6.31. The molecule has 0 saturated carbocycles. The van der Waals surface area contributed by atoms with Crippen LogP contribution in [0.2, 0.25) is 15.1 Å². The molecule has 2 aromatic carbocycles. The largest absolute Gasteiger partial charge is 0.456 e. The van der Waals surface area contributed by atoms with Crippen LogP contribution in [0.1, 0.15) is 5.56 Å². The van der Waals surface area contributed by atoms with Gasteiger partial charge in [0.05, 0.1) is 15.1 Å². The van der Waals surface area contributed by atoms with Crippen molar-refractivity contribution < 1.29 is 4.74 Å². The zero-order valence-electron chi connectivity index (χ0n) is 9.88. The summed E-state index contributed by atoms with van der Waals surface area (Å²) in [6.45, 7) is 0. The Bertz CT molecular complexity index is 692. The first-order valence-corrected chi connectivity index (χ1v) is 7.27. The average molecular weight is 394 g/mol. The fraction of sp³-hybridized carbons (Fsp3) is 0. The Labute approximate surface area is 139 Å². The van der Waals surface area contributed by atoms with Crippen LogP contribution in [-0.2, 0) is 0 Å². The number of nitrogens with two attached hydrogens (primary N) is 1. The van der Waals surface area contributed by atoms with E-state index in [0.717, 1.165) is 0 Å². The molecule has 0 amide bonds. The Morgan fingerprint density at radius 1 is 1.05 bits per heavy atom. The highest BCUT2D eigenvalue weighted by molar-refractivity contribution is 9.10. The SMILES string of the molecule is N=C(N)c1ccc(Oc2cc(Cl)c(Br)cc2Cl)cc1Cl. The van der Waals surface area contributed by atoms with Gasteiger partial charge in [0.25, 0.3) is 0 Å². The number of amidine groups is 1. The van der Waals surface area contributed by atoms with Gasteiger partial charge in [-0.05, 0) is 34.1 Å². The number of hydrogen-bond acceptors (Lipinski definition) is 2. The third kappa shape index (κ3) is 3.38. The van der Waals surface area contributed by atoms with Gasteiger partial charge >= 0.3 is 0 Å². The lowest BCUT2D eigenvalue weighted by atomic mass is 10.2. The summed E-state index contributed by atoms with van der Waals surface area (Å²) >= 11 is 21.4. The molecule has 104 valence electrons. The molecule has 3 N–H and O–H groups in total. The van der Waals surface area contributed by atoms with Gasteiger partial charge in [0, 0.05) is 22.2 Å². The highest BCUT2D eigenvalue weighted by Gasteiger charge is 2.10.